The second-order valence-electron chi connectivity index (χ2n) is 14.7. The minimum atomic E-state index is -0.732. The van der Waals surface area contributed by atoms with Crippen molar-refractivity contribution in [3.63, 3.8) is 0 Å². The van der Waals surface area contributed by atoms with E-state index < -0.39 is 11.6 Å². The first-order valence-electron chi connectivity index (χ1n) is 18.4. The molecule has 0 saturated carbocycles. The fraction of sp³-hybridized carbons (Fsp3) is 0.273. The lowest BCUT2D eigenvalue weighted by molar-refractivity contribution is -0.0400. The van der Waals surface area contributed by atoms with Gasteiger partial charge in [0.15, 0.2) is 17.1 Å². The number of fused-ring (bicyclic) bond motifs is 2. The van der Waals surface area contributed by atoms with Crippen LogP contribution in [0.5, 0.6) is 11.5 Å². The van der Waals surface area contributed by atoms with Gasteiger partial charge in [-0.25, -0.2) is 14.8 Å². The van der Waals surface area contributed by atoms with Crippen LogP contribution in [-0.4, -0.2) is 53.5 Å². The van der Waals surface area contributed by atoms with Crippen LogP contribution in [0.1, 0.15) is 63.9 Å². The van der Waals surface area contributed by atoms with Gasteiger partial charge in [-0.3, -0.25) is 10.1 Å². The van der Waals surface area contributed by atoms with Crippen LogP contribution < -0.4 is 15.0 Å². The van der Waals surface area contributed by atoms with Gasteiger partial charge < -0.3 is 23.8 Å². The molecule has 2 aliphatic rings. The summed E-state index contributed by atoms with van der Waals surface area (Å²) in [6, 6.07) is 31.2. The van der Waals surface area contributed by atoms with Crippen LogP contribution in [-0.2, 0) is 33.6 Å². The quantitative estimate of drug-likeness (QED) is 0.145. The Morgan fingerprint density at radius 2 is 1.67 bits per heavy atom. The first kappa shape index (κ1) is 36.4. The predicted molar refractivity (Wildman–Crippen MR) is 214 cm³/mol. The number of ether oxygens (including phenoxy) is 4. The van der Waals surface area contributed by atoms with Gasteiger partial charge in [0, 0.05) is 30.6 Å². The zero-order chi connectivity index (χ0) is 38.1. The third-order valence-corrected chi connectivity index (χ3v) is 10.6. The summed E-state index contributed by atoms with van der Waals surface area (Å²) in [5.41, 5.74) is 6.34. The maximum absolute atomic E-state index is 13.9. The molecule has 0 aliphatic carbocycles. The van der Waals surface area contributed by atoms with Crippen molar-refractivity contribution in [3.8, 4) is 22.6 Å². The van der Waals surface area contributed by atoms with Crippen molar-refractivity contribution in [2.45, 2.75) is 59.0 Å². The van der Waals surface area contributed by atoms with Crippen molar-refractivity contribution in [1.82, 2.24) is 9.97 Å². The van der Waals surface area contributed by atoms with E-state index in [0.29, 0.717) is 72.7 Å². The fourth-order valence-corrected chi connectivity index (χ4v) is 7.82. The summed E-state index contributed by atoms with van der Waals surface area (Å²) in [6.07, 6.45) is 1.18. The minimum absolute atomic E-state index is 0.209. The SMILES string of the molecule is Cc1c(Oc2ccc(CC3OCCO3)cc2)cccc1-c1ccc(N2CCc3cccc(C(=O)Nc4nc5ccccc5s4)c3C2)nc1C(=O)OC(C)(C)C. The third kappa shape index (κ3) is 8.10. The van der Waals surface area contributed by atoms with Gasteiger partial charge in [-0.2, -0.15) is 0 Å². The highest BCUT2D eigenvalue weighted by Crippen LogP contribution is 2.37. The molecule has 0 unspecified atom stereocenters. The number of hydrogen-bond acceptors (Lipinski definition) is 10. The molecule has 0 atom stereocenters. The number of nitrogens with one attached hydrogen (secondary N) is 1. The van der Waals surface area contributed by atoms with E-state index in [4.69, 9.17) is 23.9 Å². The lowest BCUT2D eigenvalue weighted by Crippen LogP contribution is -2.33. The first-order valence-corrected chi connectivity index (χ1v) is 19.3. The Hall–Kier alpha value is -5.62. The molecule has 1 amide bonds. The van der Waals surface area contributed by atoms with Gasteiger partial charge in [-0.05, 0) is 110 Å². The number of nitrogens with zero attached hydrogens (tertiary/aromatic N) is 3. The topological polar surface area (TPSA) is 112 Å². The van der Waals surface area contributed by atoms with Crippen molar-refractivity contribution in [2.24, 2.45) is 0 Å². The number of para-hydroxylation sites is 1. The second-order valence-corrected chi connectivity index (χ2v) is 15.7. The van der Waals surface area contributed by atoms with E-state index in [-0.39, 0.29) is 17.9 Å². The molecule has 6 aromatic rings. The summed E-state index contributed by atoms with van der Waals surface area (Å²) in [5.74, 6) is 1.24. The standard InChI is InChI=1S/C44H42N4O6S/c1-27-31(10-8-13-36(27)53-30-17-15-28(16-18-30)25-39-51-23-24-52-39)32-19-20-38(46-40(32)42(50)54-44(2,3)4)48-22-21-29-9-7-11-33(34(29)26-48)41(49)47-43-45-35-12-5-6-14-37(35)55-43/h5-20,39H,21-26H2,1-4H3,(H,45,47,49). The maximum atomic E-state index is 13.9. The van der Waals surface area contributed by atoms with E-state index in [2.05, 4.69) is 21.3 Å². The summed E-state index contributed by atoms with van der Waals surface area (Å²) < 4.78 is 24.5. The fourth-order valence-electron chi connectivity index (χ4n) is 6.96. The number of anilines is 2. The molecular weight excluding hydrogens is 713 g/mol. The molecule has 280 valence electrons. The summed E-state index contributed by atoms with van der Waals surface area (Å²) in [4.78, 5) is 39.3. The molecule has 0 bridgehead atoms. The van der Waals surface area contributed by atoms with Crippen LogP contribution >= 0.6 is 11.3 Å². The number of esters is 1. The number of hydrogen-bond donors (Lipinski definition) is 1. The van der Waals surface area contributed by atoms with Crippen LogP contribution in [0.2, 0.25) is 0 Å². The predicted octanol–water partition coefficient (Wildman–Crippen LogP) is 9.14. The number of rotatable bonds is 9. The molecule has 2 aliphatic heterocycles. The van der Waals surface area contributed by atoms with Crippen molar-refractivity contribution >= 4 is 44.4 Å². The Morgan fingerprint density at radius 3 is 2.45 bits per heavy atom. The van der Waals surface area contributed by atoms with Crippen LogP contribution in [0.4, 0.5) is 10.9 Å². The van der Waals surface area contributed by atoms with Crippen LogP contribution in [0.3, 0.4) is 0 Å². The van der Waals surface area contributed by atoms with Gasteiger partial charge >= 0.3 is 5.97 Å². The molecule has 8 rings (SSSR count). The highest BCUT2D eigenvalue weighted by Gasteiger charge is 2.28. The van der Waals surface area contributed by atoms with Gasteiger partial charge in [0.2, 0.25) is 0 Å². The van der Waals surface area contributed by atoms with E-state index in [1.54, 1.807) is 0 Å². The smallest absolute Gasteiger partial charge is 0.358 e. The summed E-state index contributed by atoms with van der Waals surface area (Å²) in [5, 5.41) is 3.57. The molecule has 1 saturated heterocycles. The van der Waals surface area contributed by atoms with Gasteiger partial charge in [-0.1, -0.05) is 59.9 Å². The summed E-state index contributed by atoms with van der Waals surface area (Å²) in [7, 11) is 0. The largest absolute Gasteiger partial charge is 0.457 e. The van der Waals surface area contributed by atoms with Crippen molar-refractivity contribution < 1.29 is 28.5 Å². The monoisotopic (exact) mass is 754 g/mol. The van der Waals surface area contributed by atoms with Gasteiger partial charge in [0.25, 0.3) is 5.91 Å². The Morgan fingerprint density at radius 1 is 0.891 bits per heavy atom. The third-order valence-electron chi connectivity index (χ3n) is 9.65. The maximum Gasteiger partial charge on any atom is 0.358 e. The molecule has 10 nitrogen and oxygen atoms in total. The highest BCUT2D eigenvalue weighted by molar-refractivity contribution is 7.22. The molecule has 4 aromatic carbocycles. The Bertz CT molecular complexity index is 2350. The summed E-state index contributed by atoms with van der Waals surface area (Å²) in [6.45, 7) is 9.86. The number of aromatic nitrogens is 2. The summed E-state index contributed by atoms with van der Waals surface area (Å²) >= 11 is 1.45. The number of thiazole rings is 1. The Kier molecular flexibility index (Phi) is 10.1. The van der Waals surface area contributed by atoms with Crippen LogP contribution in [0.25, 0.3) is 21.3 Å². The Balaban J connectivity index is 1.06. The molecule has 11 heteroatoms. The molecule has 0 radical (unpaired) electrons. The van der Waals surface area contributed by atoms with Crippen molar-refractivity contribution in [1.29, 1.82) is 0 Å². The molecule has 55 heavy (non-hydrogen) atoms. The molecular formula is C44H42N4O6S. The Labute approximate surface area is 324 Å². The number of carbonyl (C=O) groups excluding carboxylic acids is 2. The molecule has 1 fully saturated rings. The number of pyridine rings is 1. The number of benzene rings is 4. The minimum Gasteiger partial charge on any atom is -0.457 e. The van der Waals surface area contributed by atoms with Crippen LogP contribution in [0.15, 0.2) is 97.1 Å². The van der Waals surface area contributed by atoms with E-state index in [1.807, 2.05) is 119 Å². The highest BCUT2D eigenvalue weighted by atomic mass is 32.1. The first-order chi connectivity index (χ1) is 26.6. The van der Waals surface area contributed by atoms with E-state index in [9.17, 15) is 9.59 Å². The second kappa shape index (κ2) is 15.3. The molecule has 1 N–H and O–H groups in total. The molecule has 0 spiro atoms. The van der Waals surface area contributed by atoms with Gasteiger partial charge in [0.1, 0.15) is 22.9 Å². The van der Waals surface area contributed by atoms with E-state index >= 15 is 0 Å². The normalized spacial score (nSPS) is 14.5. The van der Waals surface area contributed by atoms with E-state index in [0.717, 1.165) is 38.0 Å². The van der Waals surface area contributed by atoms with Gasteiger partial charge in [0.05, 0.1) is 23.4 Å². The number of carbonyl (C=O) groups is 2. The van der Waals surface area contributed by atoms with Crippen molar-refractivity contribution in [3.05, 3.63) is 131 Å². The van der Waals surface area contributed by atoms with Crippen molar-refractivity contribution in [2.75, 3.05) is 30.0 Å². The average molecular weight is 755 g/mol. The zero-order valence-electron chi connectivity index (χ0n) is 31.3. The lowest BCUT2D eigenvalue weighted by Gasteiger charge is -2.31. The lowest BCUT2D eigenvalue weighted by atomic mass is 9.94. The molecule has 2 aromatic heterocycles. The average Bonchev–Trinajstić information content (AvgIpc) is 3.85. The van der Waals surface area contributed by atoms with Gasteiger partial charge in [-0.15, -0.1) is 0 Å². The zero-order valence-corrected chi connectivity index (χ0v) is 32.1. The molecule has 4 heterocycles. The van der Waals surface area contributed by atoms with Crippen LogP contribution in [0, 0.1) is 6.92 Å². The number of amides is 1. The van der Waals surface area contributed by atoms with E-state index in [1.165, 1.54) is 11.3 Å².